The standard InChI is InChI=1S/C13H20N2O5/c16-11(17)9-5-6-15(7-10(9)12(18)19)13(20)14-8-3-1-2-4-8/h8-10H,1-7H2,(H,14,20)(H,16,17)(H,18,19). The molecule has 1 heterocycles. The molecule has 0 aromatic carbocycles. The summed E-state index contributed by atoms with van der Waals surface area (Å²) in [4.78, 5) is 35.7. The lowest BCUT2D eigenvalue weighted by atomic mass is 9.85. The van der Waals surface area contributed by atoms with E-state index < -0.39 is 23.8 Å². The second kappa shape index (κ2) is 6.11. The number of likely N-dealkylation sites (tertiary alicyclic amines) is 1. The van der Waals surface area contributed by atoms with Crippen LogP contribution in [-0.4, -0.2) is 52.2 Å². The first-order valence-electron chi connectivity index (χ1n) is 7.00. The number of rotatable bonds is 3. The van der Waals surface area contributed by atoms with Gasteiger partial charge in [-0.25, -0.2) is 4.79 Å². The summed E-state index contributed by atoms with van der Waals surface area (Å²) in [7, 11) is 0. The Hall–Kier alpha value is -1.79. The van der Waals surface area contributed by atoms with Crippen molar-refractivity contribution in [2.24, 2.45) is 11.8 Å². The van der Waals surface area contributed by atoms with Crippen LogP contribution in [0.4, 0.5) is 4.79 Å². The van der Waals surface area contributed by atoms with E-state index in [1.54, 1.807) is 0 Å². The van der Waals surface area contributed by atoms with Gasteiger partial charge in [-0.3, -0.25) is 9.59 Å². The minimum atomic E-state index is -1.16. The molecular weight excluding hydrogens is 264 g/mol. The van der Waals surface area contributed by atoms with Crippen LogP contribution in [0.5, 0.6) is 0 Å². The van der Waals surface area contributed by atoms with Gasteiger partial charge in [-0.05, 0) is 19.3 Å². The highest BCUT2D eigenvalue weighted by Gasteiger charge is 2.40. The zero-order chi connectivity index (χ0) is 14.7. The van der Waals surface area contributed by atoms with Gasteiger partial charge in [0, 0.05) is 19.1 Å². The number of carboxylic acids is 2. The van der Waals surface area contributed by atoms with Gasteiger partial charge in [0.15, 0.2) is 0 Å². The fourth-order valence-corrected chi connectivity index (χ4v) is 3.02. The molecule has 1 aliphatic carbocycles. The minimum absolute atomic E-state index is 0.0369. The molecule has 1 aliphatic heterocycles. The normalized spacial score (nSPS) is 27.3. The zero-order valence-electron chi connectivity index (χ0n) is 11.2. The summed E-state index contributed by atoms with van der Waals surface area (Å²) in [5, 5.41) is 21.0. The van der Waals surface area contributed by atoms with Crippen LogP contribution in [0.25, 0.3) is 0 Å². The summed E-state index contributed by atoms with van der Waals surface area (Å²) in [6.45, 7) is 0.254. The number of hydrogen-bond acceptors (Lipinski definition) is 3. The Bertz CT molecular complexity index is 406. The van der Waals surface area contributed by atoms with Gasteiger partial charge in [-0.2, -0.15) is 0 Å². The second-order valence-electron chi connectivity index (χ2n) is 5.56. The molecule has 3 N–H and O–H groups in total. The van der Waals surface area contributed by atoms with E-state index in [2.05, 4.69) is 5.32 Å². The van der Waals surface area contributed by atoms with Crippen molar-refractivity contribution in [3.63, 3.8) is 0 Å². The van der Waals surface area contributed by atoms with Crippen molar-refractivity contribution < 1.29 is 24.6 Å². The number of aliphatic carboxylic acids is 2. The summed E-state index contributed by atoms with van der Waals surface area (Å²) in [6, 6.07) is -0.102. The third kappa shape index (κ3) is 3.20. The molecular formula is C13H20N2O5. The van der Waals surface area contributed by atoms with Gasteiger partial charge in [0.2, 0.25) is 0 Å². The van der Waals surface area contributed by atoms with E-state index in [1.165, 1.54) is 4.90 Å². The molecule has 7 nitrogen and oxygen atoms in total. The first-order valence-corrected chi connectivity index (χ1v) is 7.00. The van der Waals surface area contributed by atoms with Crippen molar-refractivity contribution in [3.8, 4) is 0 Å². The molecule has 1 saturated heterocycles. The van der Waals surface area contributed by atoms with Crippen LogP contribution in [0.3, 0.4) is 0 Å². The highest BCUT2D eigenvalue weighted by molar-refractivity contribution is 5.82. The van der Waals surface area contributed by atoms with Gasteiger partial charge in [0.25, 0.3) is 0 Å². The number of carbonyl (C=O) groups excluding carboxylic acids is 1. The smallest absolute Gasteiger partial charge is 0.317 e. The van der Waals surface area contributed by atoms with Gasteiger partial charge in [0.1, 0.15) is 0 Å². The van der Waals surface area contributed by atoms with E-state index in [1.807, 2.05) is 0 Å². The lowest BCUT2D eigenvalue weighted by Crippen LogP contribution is -2.52. The van der Waals surface area contributed by atoms with Crippen molar-refractivity contribution in [2.75, 3.05) is 13.1 Å². The summed E-state index contributed by atoms with van der Waals surface area (Å²) in [6.07, 6.45) is 4.30. The van der Waals surface area contributed by atoms with Gasteiger partial charge in [-0.15, -0.1) is 0 Å². The van der Waals surface area contributed by atoms with Crippen molar-refractivity contribution in [1.82, 2.24) is 10.2 Å². The van der Waals surface area contributed by atoms with Crippen LogP contribution in [0.1, 0.15) is 32.1 Å². The van der Waals surface area contributed by atoms with Crippen molar-refractivity contribution in [2.45, 2.75) is 38.1 Å². The highest BCUT2D eigenvalue weighted by Crippen LogP contribution is 2.25. The predicted molar refractivity (Wildman–Crippen MR) is 69.2 cm³/mol. The van der Waals surface area contributed by atoms with Crippen LogP contribution < -0.4 is 5.32 Å². The van der Waals surface area contributed by atoms with Crippen molar-refractivity contribution in [1.29, 1.82) is 0 Å². The maximum absolute atomic E-state index is 12.1. The predicted octanol–water partition coefficient (Wildman–Crippen LogP) is 0.746. The molecule has 2 unspecified atom stereocenters. The molecule has 7 heteroatoms. The van der Waals surface area contributed by atoms with Crippen LogP contribution in [0.2, 0.25) is 0 Å². The van der Waals surface area contributed by atoms with E-state index in [-0.39, 0.29) is 25.0 Å². The Morgan fingerprint density at radius 2 is 1.55 bits per heavy atom. The fourth-order valence-electron chi connectivity index (χ4n) is 3.02. The molecule has 112 valence electrons. The van der Waals surface area contributed by atoms with Gasteiger partial charge >= 0.3 is 18.0 Å². The number of carbonyl (C=O) groups is 3. The summed E-state index contributed by atoms with van der Waals surface area (Å²) < 4.78 is 0. The molecule has 2 amide bonds. The molecule has 1 saturated carbocycles. The number of carboxylic acid groups (broad SMARTS) is 2. The average Bonchev–Trinajstić information content (AvgIpc) is 2.90. The molecule has 2 aliphatic rings. The molecule has 0 bridgehead atoms. The van der Waals surface area contributed by atoms with E-state index in [4.69, 9.17) is 10.2 Å². The number of piperidine rings is 1. The number of urea groups is 1. The van der Waals surface area contributed by atoms with Gasteiger partial charge < -0.3 is 20.4 Å². The Balaban J connectivity index is 1.95. The third-order valence-electron chi connectivity index (χ3n) is 4.22. The molecule has 2 fully saturated rings. The molecule has 2 atom stereocenters. The van der Waals surface area contributed by atoms with E-state index in [0.717, 1.165) is 25.7 Å². The number of nitrogens with one attached hydrogen (secondary N) is 1. The Morgan fingerprint density at radius 3 is 2.10 bits per heavy atom. The Labute approximate surface area is 116 Å². The SMILES string of the molecule is O=C(O)C1CCN(C(=O)NC2CCCC2)CC1C(=O)O. The average molecular weight is 284 g/mol. The number of hydrogen-bond donors (Lipinski definition) is 3. The summed E-state index contributed by atoms with van der Waals surface area (Å²) in [5.41, 5.74) is 0. The number of amides is 2. The first kappa shape index (κ1) is 14.6. The highest BCUT2D eigenvalue weighted by atomic mass is 16.4. The largest absolute Gasteiger partial charge is 0.481 e. The maximum atomic E-state index is 12.1. The Kier molecular flexibility index (Phi) is 4.46. The summed E-state index contributed by atoms with van der Waals surface area (Å²) >= 11 is 0. The maximum Gasteiger partial charge on any atom is 0.317 e. The van der Waals surface area contributed by atoms with E-state index >= 15 is 0 Å². The van der Waals surface area contributed by atoms with Crippen LogP contribution >= 0.6 is 0 Å². The van der Waals surface area contributed by atoms with E-state index in [0.29, 0.717) is 6.54 Å². The van der Waals surface area contributed by atoms with Crippen LogP contribution in [0.15, 0.2) is 0 Å². The number of nitrogens with zero attached hydrogens (tertiary/aromatic N) is 1. The van der Waals surface area contributed by atoms with Crippen molar-refractivity contribution >= 4 is 18.0 Å². The molecule has 0 spiro atoms. The van der Waals surface area contributed by atoms with Crippen LogP contribution in [-0.2, 0) is 9.59 Å². The van der Waals surface area contributed by atoms with Gasteiger partial charge in [0.05, 0.1) is 11.8 Å². The third-order valence-corrected chi connectivity index (χ3v) is 4.22. The fraction of sp³-hybridized carbons (Fsp3) is 0.769. The molecule has 0 aromatic heterocycles. The molecule has 20 heavy (non-hydrogen) atoms. The zero-order valence-corrected chi connectivity index (χ0v) is 11.2. The quantitative estimate of drug-likeness (QED) is 0.708. The minimum Gasteiger partial charge on any atom is -0.481 e. The molecule has 0 aromatic rings. The lowest BCUT2D eigenvalue weighted by molar-refractivity contribution is -0.156. The topological polar surface area (TPSA) is 107 Å². The van der Waals surface area contributed by atoms with Crippen LogP contribution in [0, 0.1) is 11.8 Å². The second-order valence-corrected chi connectivity index (χ2v) is 5.56. The monoisotopic (exact) mass is 284 g/mol. The van der Waals surface area contributed by atoms with E-state index in [9.17, 15) is 14.4 Å². The summed E-state index contributed by atoms with van der Waals surface area (Å²) in [5.74, 6) is -4.21. The first-order chi connectivity index (χ1) is 9.49. The molecule has 2 rings (SSSR count). The molecule has 0 radical (unpaired) electrons. The van der Waals surface area contributed by atoms with Gasteiger partial charge in [-0.1, -0.05) is 12.8 Å². The Morgan fingerprint density at radius 1 is 0.950 bits per heavy atom. The lowest BCUT2D eigenvalue weighted by Gasteiger charge is -2.35. The van der Waals surface area contributed by atoms with Crippen molar-refractivity contribution in [3.05, 3.63) is 0 Å².